The Kier molecular flexibility index (Phi) is 3.96. The number of nitrogens with zero attached hydrogens (tertiary/aromatic N) is 1. The summed E-state index contributed by atoms with van der Waals surface area (Å²) in [6, 6.07) is 4.95. The van der Waals surface area contributed by atoms with Gasteiger partial charge in [-0.3, -0.25) is 4.72 Å². The number of nitrogens with two attached hydrogens (primary N) is 1. The lowest BCUT2D eigenvalue weighted by atomic mass is 10.3. The molecule has 0 radical (unpaired) electrons. The number of pyridine rings is 1. The van der Waals surface area contributed by atoms with Gasteiger partial charge in [0.2, 0.25) is 0 Å². The van der Waals surface area contributed by atoms with E-state index in [9.17, 15) is 12.8 Å². The summed E-state index contributed by atoms with van der Waals surface area (Å²) in [5.41, 5.74) is 6.64. The molecule has 0 spiro atoms. The lowest BCUT2D eigenvalue weighted by Gasteiger charge is -2.10. The van der Waals surface area contributed by atoms with Crippen LogP contribution in [0.15, 0.2) is 40.0 Å². The normalized spacial score (nSPS) is 11.3. The zero-order chi connectivity index (χ0) is 14.9. The zero-order valence-corrected chi connectivity index (χ0v) is 12.8. The molecule has 8 heteroatoms. The van der Waals surface area contributed by atoms with Crippen molar-refractivity contribution in [2.75, 3.05) is 10.5 Å². The van der Waals surface area contributed by atoms with Gasteiger partial charge in [0, 0.05) is 5.69 Å². The Labute approximate surface area is 124 Å². The Hall–Kier alpha value is -1.67. The fraction of sp³-hybridized carbons (Fsp3) is 0.0833. The molecule has 0 aliphatic rings. The molecule has 0 aliphatic carbocycles. The van der Waals surface area contributed by atoms with Crippen molar-refractivity contribution in [2.45, 2.75) is 11.8 Å². The Morgan fingerprint density at radius 1 is 1.35 bits per heavy atom. The highest BCUT2D eigenvalue weighted by Gasteiger charge is 2.19. The molecule has 0 atom stereocenters. The fourth-order valence-electron chi connectivity index (χ4n) is 1.55. The van der Waals surface area contributed by atoms with E-state index in [0.717, 1.165) is 17.7 Å². The van der Waals surface area contributed by atoms with Crippen LogP contribution < -0.4 is 10.5 Å². The lowest BCUT2D eigenvalue weighted by molar-refractivity contribution is 0.570. The first-order valence-corrected chi connectivity index (χ1v) is 7.77. The van der Waals surface area contributed by atoms with Crippen LogP contribution in [-0.2, 0) is 10.0 Å². The van der Waals surface area contributed by atoms with Crippen LogP contribution >= 0.6 is 15.9 Å². The molecule has 0 bridgehead atoms. The van der Waals surface area contributed by atoms with E-state index < -0.39 is 20.7 Å². The fourth-order valence-corrected chi connectivity index (χ4v) is 2.91. The van der Waals surface area contributed by atoms with Crippen LogP contribution in [0.1, 0.15) is 5.56 Å². The molecular weight excluding hydrogens is 349 g/mol. The second kappa shape index (κ2) is 5.37. The number of sulfonamides is 1. The van der Waals surface area contributed by atoms with Crippen LogP contribution in [0.4, 0.5) is 15.8 Å². The monoisotopic (exact) mass is 359 g/mol. The minimum absolute atomic E-state index is 0.164. The molecular formula is C12H11BrFN3O2S. The van der Waals surface area contributed by atoms with Gasteiger partial charge in [0.05, 0.1) is 11.9 Å². The van der Waals surface area contributed by atoms with Gasteiger partial charge in [-0.15, -0.1) is 0 Å². The van der Waals surface area contributed by atoms with Crippen molar-refractivity contribution in [3.8, 4) is 0 Å². The molecule has 2 aromatic rings. The number of halogens is 2. The average molecular weight is 360 g/mol. The van der Waals surface area contributed by atoms with E-state index in [0.29, 0.717) is 4.60 Å². The molecule has 2 rings (SSSR count). The summed E-state index contributed by atoms with van der Waals surface area (Å²) < 4.78 is 40.7. The molecule has 20 heavy (non-hydrogen) atoms. The van der Waals surface area contributed by atoms with Crippen LogP contribution in [0.3, 0.4) is 0 Å². The molecule has 0 aliphatic heterocycles. The highest BCUT2D eigenvalue weighted by Crippen LogP contribution is 2.22. The molecule has 1 aromatic heterocycles. The summed E-state index contributed by atoms with van der Waals surface area (Å²) >= 11 is 3.21. The standard InChI is InChI=1S/C12H11BrFN3O2S/c1-7-4-9(6-16-12(7)13)17-20(18,19)11-5-8(15)2-3-10(11)14/h2-6,17H,15H2,1H3. The van der Waals surface area contributed by atoms with Crippen LogP contribution in [0.5, 0.6) is 0 Å². The van der Waals surface area contributed by atoms with Gasteiger partial charge < -0.3 is 5.73 Å². The lowest BCUT2D eigenvalue weighted by Crippen LogP contribution is -2.15. The third-order valence-corrected chi connectivity index (χ3v) is 4.74. The Morgan fingerprint density at radius 2 is 2.05 bits per heavy atom. The highest BCUT2D eigenvalue weighted by atomic mass is 79.9. The van der Waals surface area contributed by atoms with Crippen LogP contribution in [0.25, 0.3) is 0 Å². The topological polar surface area (TPSA) is 85.1 Å². The van der Waals surface area contributed by atoms with Crippen molar-refractivity contribution in [1.29, 1.82) is 0 Å². The van der Waals surface area contributed by atoms with Crippen molar-refractivity contribution in [1.82, 2.24) is 4.98 Å². The van der Waals surface area contributed by atoms with E-state index in [1.165, 1.54) is 12.3 Å². The number of hydrogen-bond acceptors (Lipinski definition) is 4. The molecule has 1 aromatic carbocycles. The maximum absolute atomic E-state index is 13.6. The third-order valence-electron chi connectivity index (χ3n) is 2.51. The SMILES string of the molecule is Cc1cc(NS(=O)(=O)c2cc(N)ccc2F)cnc1Br. The number of aromatic nitrogens is 1. The van der Waals surface area contributed by atoms with Crippen molar-refractivity contribution in [2.24, 2.45) is 0 Å². The van der Waals surface area contributed by atoms with Gasteiger partial charge in [-0.2, -0.15) is 0 Å². The van der Waals surface area contributed by atoms with Crippen molar-refractivity contribution < 1.29 is 12.8 Å². The number of anilines is 2. The van der Waals surface area contributed by atoms with Crippen LogP contribution in [0, 0.1) is 12.7 Å². The zero-order valence-electron chi connectivity index (χ0n) is 10.4. The number of nitrogens with one attached hydrogen (secondary N) is 1. The maximum atomic E-state index is 13.6. The second-order valence-corrected chi connectivity index (χ2v) is 6.53. The summed E-state index contributed by atoms with van der Waals surface area (Å²) in [6.45, 7) is 1.76. The number of hydrogen-bond donors (Lipinski definition) is 2. The molecule has 3 N–H and O–H groups in total. The van der Waals surface area contributed by atoms with Gasteiger partial charge in [0.25, 0.3) is 10.0 Å². The highest BCUT2D eigenvalue weighted by molar-refractivity contribution is 9.10. The number of nitrogen functional groups attached to an aromatic ring is 1. The minimum Gasteiger partial charge on any atom is -0.399 e. The molecule has 0 fully saturated rings. The number of rotatable bonds is 3. The summed E-state index contributed by atoms with van der Waals surface area (Å²) in [4.78, 5) is 3.47. The maximum Gasteiger partial charge on any atom is 0.264 e. The van der Waals surface area contributed by atoms with Gasteiger partial charge in [-0.25, -0.2) is 17.8 Å². The molecule has 0 unspecified atom stereocenters. The van der Waals surface area contributed by atoms with E-state index in [-0.39, 0.29) is 11.4 Å². The molecule has 0 saturated heterocycles. The molecule has 0 saturated carbocycles. The van der Waals surface area contributed by atoms with Crippen molar-refractivity contribution in [3.63, 3.8) is 0 Å². The van der Waals surface area contributed by atoms with E-state index in [2.05, 4.69) is 25.6 Å². The van der Waals surface area contributed by atoms with Crippen molar-refractivity contribution >= 4 is 37.3 Å². The van der Waals surface area contributed by atoms with Gasteiger partial charge in [0.15, 0.2) is 0 Å². The van der Waals surface area contributed by atoms with E-state index >= 15 is 0 Å². The number of benzene rings is 1. The average Bonchev–Trinajstić information content (AvgIpc) is 2.36. The minimum atomic E-state index is -4.06. The summed E-state index contributed by atoms with van der Waals surface area (Å²) in [6.07, 6.45) is 1.33. The van der Waals surface area contributed by atoms with Gasteiger partial charge in [-0.1, -0.05) is 0 Å². The quantitative estimate of drug-likeness (QED) is 0.651. The summed E-state index contributed by atoms with van der Waals surface area (Å²) in [5, 5.41) is 0. The molecule has 106 valence electrons. The van der Waals surface area contributed by atoms with E-state index in [4.69, 9.17) is 5.73 Å². The summed E-state index contributed by atoms with van der Waals surface area (Å²) in [5.74, 6) is -0.867. The first-order valence-electron chi connectivity index (χ1n) is 5.49. The molecule has 1 heterocycles. The molecule has 5 nitrogen and oxygen atoms in total. The van der Waals surface area contributed by atoms with E-state index in [1.807, 2.05) is 0 Å². The molecule has 0 amide bonds. The smallest absolute Gasteiger partial charge is 0.264 e. The van der Waals surface area contributed by atoms with Crippen LogP contribution in [-0.4, -0.2) is 13.4 Å². The van der Waals surface area contributed by atoms with Gasteiger partial charge in [-0.05, 0) is 52.7 Å². The Bertz CT molecular complexity index is 765. The third kappa shape index (κ3) is 3.07. The predicted molar refractivity (Wildman–Crippen MR) is 78.3 cm³/mol. The predicted octanol–water partition coefficient (Wildman–Crippen LogP) is 2.67. The Balaban J connectivity index is 2.40. The van der Waals surface area contributed by atoms with Gasteiger partial charge in [0.1, 0.15) is 15.3 Å². The first-order chi connectivity index (χ1) is 9.29. The van der Waals surface area contributed by atoms with Crippen LogP contribution in [0.2, 0.25) is 0 Å². The first kappa shape index (κ1) is 14.7. The summed E-state index contributed by atoms with van der Waals surface area (Å²) in [7, 11) is -4.06. The van der Waals surface area contributed by atoms with E-state index in [1.54, 1.807) is 13.0 Å². The van der Waals surface area contributed by atoms with Crippen molar-refractivity contribution in [3.05, 3.63) is 46.4 Å². The second-order valence-electron chi connectivity index (χ2n) is 4.13. The largest absolute Gasteiger partial charge is 0.399 e. The number of aryl methyl sites for hydroxylation is 1. The Morgan fingerprint density at radius 3 is 2.70 bits per heavy atom. The van der Waals surface area contributed by atoms with Gasteiger partial charge >= 0.3 is 0 Å².